The van der Waals surface area contributed by atoms with Crippen LogP contribution in [0.25, 0.3) is 10.8 Å². The third-order valence-corrected chi connectivity index (χ3v) is 7.68. The average molecular weight is 534 g/mol. The molecule has 2 heterocycles. The fourth-order valence-corrected chi connectivity index (χ4v) is 5.50. The molecule has 9 nitrogen and oxygen atoms in total. The summed E-state index contributed by atoms with van der Waals surface area (Å²) in [4.78, 5) is 30.8. The minimum absolute atomic E-state index is 0.155. The number of nitrogens with zero attached hydrogens (tertiary/aromatic N) is 4. The summed E-state index contributed by atoms with van der Waals surface area (Å²) in [6.07, 6.45) is 3.26. The van der Waals surface area contributed by atoms with E-state index in [0.29, 0.717) is 48.3 Å². The van der Waals surface area contributed by atoms with Crippen LogP contribution in [-0.4, -0.2) is 67.2 Å². The van der Waals surface area contributed by atoms with Gasteiger partial charge in [0.1, 0.15) is 11.4 Å². The number of nitro benzene ring substituents is 1. The lowest BCUT2D eigenvalue weighted by Gasteiger charge is -2.37. The second-order valence-corrected chi connectivity index (χ2v) is 10.00. The Bertz CT molecular complexity index is 1370. The zero-order valence-electron chi connectivity index (χ0n) is 21.4. The minimum Gasteiger partial charge on any atom is -0.496 e. The van der Waals surface area contributed by atoms with Crippen molar-refractivity contribution < 1.29 is 14.5 Å². The lowest BCUT2D eigenvalue weighted by atomic mass is 10.1. The minimum atomic E-state index is -0.304. The van der Waals surface area contributed by atoms with Crippen molar-refractivity contribution >= 4 is 51.1 Å². The van der Waals surface area contributed by atoms with Crippen LogP contribution in [0.2, 0.25) is 0 Å². The molecule has 0 atom stereocenters. The van der Waals surface area contributed by atoms with Gasteiger partial charge in [0.25, 0.3) is 11.6 Å². The Kier molecular flexibility index (Phi) is 7.59. The van der Waals surface area contributed by atoms with Gasteiger partial charge in [0.2, 0.25) is 0 Å². The molecule has 5 rings (SSSR count). The van der Waals surface area contributed by atoms with E-state index in [1.165, 1.54) is 0 Å². The van der Waals surface area contributed by atoms with E-state index in [4.69, 9.17) is 17.0 Å². The van der Waals surface area contributed by atoms with Gasteiger partial charge < -0.3 is 19.4 Å². The summed E-state index contributed by atoms with van der Waals surface area (Å²) in [7, 11) is 1.55. The molecule has 0 spiro atoms. The molecular weight excluding hydrogens is 502 g/mol. The van der Waals surface area contributed by atoms with Gasteiger partial charge in [0.15, 0.2) is 5.11 Å². The second kappa shape index (κ2) is 11.2. The fraction of sp³-hybridized carbons (Fsp3) is 0.357. The van der Waals surface area contributed by atoms with Gasteiger partial charge in [-0.3, -0.25) is 20.2 Å². The van der Waals surface area contributed by atoms with Crippen LogP contribution in [0.15, 0.2) is 54.6 Å². The molecule has 2 saturated heterocycles. The van der Waals surface area contributed by atoms with Gasteiger partial charge in [-0.05, 0) is 66.5 Å². The van der Waals surface area contributed by atoms with Gasteiger partial charge in [0, 0.05) is 51.0 Å². The Morgan fingerprint density at radius 2 is 1.61 bits per heavy atom. The Hall–Kier alpha value is -3.92. The summed E-state index contributed by atoms with van der Waals surface area (Å²) in [5, 5.41) is 16.9. The predicted molar refractivity (Wildman–Crippen MR) is 154 cm³/mol. The number of anilines is 2. The van der Waals surface area contributed by atoms with Crippen molar-refractivity contribution in [3.05, 3.63) is 70.3 Å². The fourth-order valence-electron chi connectivity index (χ4n) is 5.23. The van der Waals surface area contributed by atoms with E-state index in [1.54, 1.807) is 13.2 Å². The number of ether oxygens (including phenoxy) is 1. The molecule has 198 valence electrons. The lowest BCUT2D eigenvalue weighted by molar-refractivity contribution is -0.384. The molecule has 0 unspecified atom stereocenters. The third-order valence-electron chi connectivity index (χ3n) is 7.32. The smallest absolute Gasteiger partial charge is 0.292 e. The molecule has 2 aliphatic rings. The van der Waals surface area contributed by atoms with E-state index < -0.39 is 0 Å². The first-order valence-corrected chi connectivity index (χ1v) is 13.3. The highest BCUT2D eigenvalue weighted by Gasteiger charge is 2.26. The SMILES string of the molecule is COc1cc2ccccc2cc1C(=O)NC(=S)N1CCN(c2ccc([N+](=O)[O-])c(N3CCCCC3)c2)CC1. The van der Waals surface area contributed by atoms with E-state index >= 15 is 0 Å². The van der Waals surface area contributed by atoms with E-state index in [9.17, 15) is 14.9 Å². The van der Waals surface area contributed by atoms with Gasteiger partial charge in [-0.15, -0.1) is 0 Å². The van der Waals surface area contributed by atoms with E-state index in [1.807, 2.05) is 53.4 Å². The second-order valence-electron chi connectivity index (χ2n) is 9.61. The first-order valence-electron chi connectivity index (χ1n) is 12.9. The molecule has 2 aliphatic heterocycles. The molecule has 0 aliphatic carbocycles. The summed E-state index contributed by atoms with van der Waals surface area (Å²) in [5.74, 6) is 0.193. The zero-order chi connectivity index (χ0) is 26.6. The number of hydrogen-bond acceptors (Lipinski definition) is 7. The van der Waals surface area contributed by atoms with Crippen LogP contribution in [0.5, 0.6) is 5.75 Å². The van der Waals surface area contributed by atoms with Crippen LogP contribution in [0.4, 0.5) is 17.1 Å². The molecule has 10 heteroatoms. The number of thiocarbonyl (C=S) groups is 1. The van der Waals surface area contributed by atoms with Gasteiger partial charge >= 0.3 is 0 Å². The van der Waals surface area contributed by atoms with Crippen LogP contribution in [0.1, 0.15) is 29.6 Å². The van der Waals surface area contributed by atoms with Gasteiger partial charge in [-0.1, -0.05) is 24.3 Å². The zero-order valence-corrected chi connectivity index (χ0v) is 22.2. The summed E-state index contributed by atoms with van der Waals surface area (Å²) in [6, 6.07) is 16.9. The molecular formula is C28H31N5O4S. The van der Waals surface area contributed by atoms with E-state index in [2.05, 4.69) is 15.1 Å². The van der Waals surface area contributed by atoms with Crippen molar-refractivity contribution in [2.24, 2.45) is 0 Å². The van der Waals surface area contributed by atoms with Crippen molar-refractivity contribution in [2.75, 3.05) is 56.2 Å². The predicted octanol–water partition coefficient (Wildman–Crippen LogP) is 4.58. The highest BCUT2D eigenvalue weighted by atomic mass is 32.1. The topological polar surface area (TPSA) is 91.2 Å². The van der Waals surface area contributed by atoms with Gasteiger partial charge in [-0.25, -0.2) is 0 Å². The summed E-state index contributed by atoms with van der Waals surface area (Å²) >= 11 is 5.59. The summed E-state index contributed by atoms with van der Waals surface area (Å²) in [6.45, 7) is 4.31. The van der Waals surface area contributed by atoms with Crippen molar-refractivity contribution in [1.82, 2.24) is 10.2 Å². The number of nitrogens with one attached hydrogen (secondary N) is 1. The maximum absolute atomic E-state index is 13.1. The van der Waals surface area contributed by atoms with Crippen molar-refractivity contribution in [3.63, 3.8) is 0 Å². The summed E-state index contributed by atoms with van der Waals surface area (Å²) < 4.78 is 5.47. The maximum atomic E-state index is 13.1. The van der Waals surface area contributed by atoms with Crippen LogP contribution >= 0.6 is 12.2 Å². The van der Waals surface area contributed by atoms with E-state index in [0.717, 1.165) is 48.8 Å². The molecule has 1 N–H and O–H groups in total. The number of fused-ring (bicyclic) bond motifs is 1. The number of methoxy groups -OCH3 is 1. The first-order chi connectivity index (χ1) is 18.4. The largest absolute Gasteiger partial charge is 0.496 e. The van der Waals surface area contributed by atoms with Crippen LogP contribution < -0.4 is 19.9 Å². The molecule has 3 aromatic carbocycles. The number of rotatable bonds is 5. The maximum Gasteiger partial charge on any atom is 0.292 e. The third kappa shape index (κ3) is 5.35. The average Bonchev–Trinajstić information content (AvgIpc) is 2.96. The van der Waals surface area contributed by atoms with E-state index in [-0.39, 0.29) is 16.5 Å². The highest BCUT2D eigenvalue weighted by molar-refractivity contribution is 7.80. The Morgan fingerprint density at radius 1 is 0.921 bits per heavy atom. The monoisotopic (exact) mass is 533 g/mol. The molecule has 0 radical (unpaired) electrons. The van der Waals surface area contributed by atoms with Crippen LogP contribution in [0.3, 0.4) is 0 Å². The quantitative estimate of drug-likeness (QED) is 0.290. The highest BCUT2D eigenvalue weighted by Crippen LogP contribution is 2.34. The number of benzene rings is 3. The van der Waals surface area contributed by atoms with Gasteiger partial charge in [0.05, 0.1) is 17.6 Å². The number of piperidine rings is 1. The van der Waals surface area contributed by atoms with Crippen LogP contribution in [-0.2, 0) is 0 Å². The molecule has 0 aromatic heterocycles. The normalized spacial score (nSPS) is 15.9. The standard InChI is InChI=1S/C28H31N5O4S/c1-37-26-18-21-8-4-3-7-20(21)17-23(26)27(34)29-28(38)32-15-13-30(14-16-32)22-9-10-24(33(35)36)25(19-22)31-11-5-2-6-12-31/h3-4,7-10,17-19H,2,5-6,11-16H2,1H3,(H,29,34,38). The molecule has 0 bridgehead atoms. The number of carbonyl (C=O) groups excluding carboxylic acids is 1. The number of carbonyl (C=O) groups is 1. The van der Waals surface area contributed by atoms with Crippen molar-refractivity contribution in [3.8, 4) is 5.75 Å². The molecule has 0 saturated carbocycles. The first kappa shape index (κ1) is 25.7. The lowest BCUT2D eigenvalue weighted by Crippen LogP contribution is -2.52. The number of amides is 1. The Labute approximate surface area is 227 Å². The Morgan fingerprint density at radius 3 is 2.26 bits per heavy atom. The van der Waals surface area contributed by atoms with Crippen molar-refractivity contribution in [1.29, 1.82) is 0 Å². The molecule has 2 fully saturated rings. The number of hydrogen-bond donors (Lipinski definition) is 1. The molecule has 1 amide bonds. The van der Waals surface area contributed by atoms with Gasteiger partial charge in [-0.2, -0.15) is 0 Å². The summed E-state index contributed by atoms with van der Waals surface area (Å²) in [5.41, 5.74) is 2.25. The number of nitro groups is 1. The molecule has 38 heavy (non-hydrogen) atoms. The van der Waals surface area contributed by atoms with Crippen molar-refractivity contribution in [2.45, 2.75) is 19.3 Å². The molecule has 3 aromatic rings. The Balaban J connectivity index is 1.24. The number of piperazine rings is 1. The van der Waals surface area contributed by atoms with Crippen LogP contribution in [0, 0.1) is 10.1 Å².